The van der Waals surface area contributed by atoms with Gasteiger partial charge in [0.2, 0.25) is 0 Å². The number of hydrogen-bond donors (Lipinski definition) is 1. The molecule has 0 spiro atoms. The minimum Gasteiger partial charge on any atom is -0.314 e. The van der Waals surface area contributed by atoms with Crippen molar-refractivity contribution in [2.75, 3.05) is 6.54 Å². The molecule has 1 N–H and O–H groups in total. The summed E-state index contributed by atoms with van der Waals surface area (Å²) in [5.74, 6) is 1.71. The largest absolute Gasteiger partial charge is 0.314 e. The fraction of sp³-hybridized carbons (Fsp3) is 0.636. The van der Waals surface area contributed by atoms with Gasteiger partial charge in [-0.3, -0.25) is 0 Å². The number of nitrogens with one attached hydrogen (secondary N) is 1. The zero-order chi connectivity index (χ0) is 10.7. The number of likely N-dealkylation sites (N-methyl/N-ethyl adjacent to an activating group) is 1. The van der Waals surface area contributed by atoms with Crippen molar-refractivity contribution in [3.63, 3.8) is 0 Å². The van der Waals surface area contributed by atoms with Gasteiger partial charge in [0.1, 0.15) is 5.82 Å². The Morgan fingerprint density at radius 3 is 2.67 bits per heavy atom. The lowest BCUT2D eigenvalue weighted by Crippen LogP contribution is -2.33. The van der Waals surface area contributed by atoms with Gasteiger partial charge in [-0.2, -0.15) is 0 Å². The van der Waals surface area contributed by atoms with E-state index in [0.717, 1.165) is 24.7 Å². The van der Waals surface area contributed by atoms with Crippen molar-refractivity contribution < 1.29 is 0 Å². The van der Waals surface area contributed by atoms with E-state index in [1.165, 1.54) is 12.8 Å². The van der Waals surface area contributed by atoms with Crippen LogP contribution in [0.15, 0.2) is 12.4 Å². The molecule has 0 aromatic carbocycles. The number of aromatic nitrogens is 2. The van der Waals surface area contributed by atoms with Crippen LogP contribution in [0, 0.1) is 5.92 Å². The van der Waals surface area contributed by atoms with Crippen LogP contribution in [0.25, 0.3) is 0 Å². The molecule has 82 valence electrons. The summed E-state index contributed by atoms with van der Waals surface area (Å²) in [4.78, 5) is 8.45. The van der Waals surface area contributed by atoms with Crippen LogP contribution in [0.4, 0.5) is 0 Å². The Kier molecular flexibility index (Phi) is 3.54. The molecule has 1 atom stereocenters. The van der Waals surface area contributed by atoms with Crippen LogP contribution in [-0.2, 0) is 6.42 Å². The molecule has 1 aliphatic rings. The van der Waals surface area contributed by atoms with E-state index < -0.39 is 0 Å². The Hall–Kier alpha value is -0.670. The second-order valence-electron chi connectivity index (χ2n) is 4.02. The molecular formula is C11H16ClN3. The molecule has 4 heteroatoms. The van der Waals surface area contributed by atoms with E-state index >= 15 is 0 Å². The van der Waals surface area contributed by atoms with E-state index in [9.17, 15) is 0 Å². The van der Waals surface area contributed by atoms with E-state index in [2.05, 4.69) is 22.2 Å². The minimum absolute atomic E-state index is 0.538. The average Bonchev–Trinajstić information content (AvgIpc) is 3.04. The van der Waals surface area contributed by atoms with E-state index in [1.54, 1.807) is 12.4 Å². The lowest BCUT2D eigenvalue weighted by atomic mass is 10.1. The number of halogens is 1. The Bertz CT molecular complexity index is 308. The molecule has 1 heterocycles. The van der Waals surface area contributed by atoms with Crippen LogP contribution in [-0.4, -0.2) is 22.6 Å². The second kappa shape index (κ2) is 4.90. The highest BCUT2D eigenvalue weighted by Gasteiger charge is 2.30. The lowest BCUT2D eigenvalue weighted by Gasteiger charge is -2.15. The SMILES string of the molecule is CCNC(Cc1ncc(Cl)cn1)C1CC1. The van der Waals surface area contributed by atoms with Gasteiger partial charge in [0, 0.05) is 24.9 Å². The van der Waals surface area contributed by atoms with Crippen LogP contribution in [0.1, 0.15) is 25.6 Å². The summed E-state index contributed by atoms with van der Waals surface area (Å²) in [6.45, 7) is 3.15. The van der Waals surface area contributed by atoms with E-state index in [1.807, 2.05) is 0 Å². The third kappa shape index (κ3) is 3.14. The molecule has 0 amide bonds. The van der Waals surface area contributed by atoms with Crippen molar-refractivity contribution in [3.05, 3.63) is 23.2 Å². The Balaban J connectivity index is 1.95. The van der Waals surface area contributed by atoms with Gasteiger partial charge in [0.25, 0.3) is 0 Å². The fourth-order valence-corrected chi connectivity index (χ4v) is 1.90. The summed E-state index contributed by atoms with van der Waals surface area (Å²) in [5.41, 5.74) is 0. The summed E-state index contributed by atoms with van der Waals surface area (Å²) in [7, 11) is 0. The van der Waals surface area contributed by atoms with Gasteiger partial charge >= 0.3 is 0 Å². The molecule has 2 rings (SSSR count). The first-order valence-electron chi connectivity index (χ1n) is 5.49. The Morgan fingerprint density at radius 1 is 1.47 bits per heavy atom. The highest BCUT2D eigenvalue weighted by Crippen LogP contribution is 2.33. The summed E-state index contributed by atoms with van der Waals surface area (Å²) in [6.07, 6.45) is 6.92. The maximum Gasteiger partial charge on any atom is 0.129 e. The topological polar surface area (TPSA) is 37.8 Å². The van der Waals surface area contributed by atoms with Crippen molar-refractivity contribution in [2.45, 2.75) is 32.2 Å². The molecule has 1 aliphatic carbocycles. The first-order valence-corrected chi connectivity index (χ1v) is 5.87. The average molecular weight is 226 g/mol. The molecule has 1 unspecified atom stereocenters. The van der Waals surface area contributed by atoms with Gasteiger partial charge in [-0.05, 0) is 25.3 Å². The van der Waals surface area contributed by atoms with Crippen molar-refractivity contribution >= 4 is 11.6 Å². The predicted octanol–water partition coefficient (Wildman–Crippen LogP) is 2.06. The monoisotopic (exact) mass is 225 g/mol. The minimum atomic E-state index is 0.538. The molecule has 0 bridgehead atoms. The first kappa shape index (κ1) is 10.8. The van der Waals surface area contributed by atoms with Gasteiger partial charge in [-0.25, -0.2) is 9.97 Å². The van der Waals surface area contributed by atoms with Crippen molar-refractivity contribution in [1.82, 2.24) is 15.3 Å². The van der Waals surface area contributed by atoms with E-state index in [0.29, 0.717) is 11.1 Å². The van der Waals surface area contributed by atoms with E-state index in [4.69, 9.17) is 11.6 Å². The summed E-state index contributed by atoms with van der Waals surface area (Å²) >= 11 is 5.74. The molecule has 15 heavy (non-hydrogen) atoms. The zero-order valence-corrected chi connectivity index (χ0v) is 9.67. The zero-order valence-electron chi connectivity index (χ0n) is 8.91. The van der Waals surface area contributed by atoms with Gasteiger partial charge in [0.05, 0.1) is 5.02 Å². The van der Waals surface area contributed by atoms with Gasteiger partial charge < -0.3 is 5.32 Å². The number of hydrogen-bond acceptors (Lipinski definition) is 3. The number of rotatable bonds is 5. The molecule has 1 saturated carbocycles. The molecule has 3 nitrogen and oxygen atoms in total. The first-order chi connectivity index (χ1) is 7.29. The normalized spacial score (nSPS) is 17.7. The highest BCUT2D eigenvalue weighted by molar-refractivity contribution is 6.30. The standard InChI is InChI=1S/C11H16ClN3/c1-2-13-10(8-3-4-8)5-11-14-6-9(12)7-15-11/h6-8,10,13H,2-5H2,1H3. The fourth-order valence-electron chi connectivity index (χ4n) is 1.81. The summed E-state index contributed by atoms with van der Waals surface area (Å²) < 4.78 is 0. The van der Waals surface area contributed by atoms with Crippen molar-refractivity contribution in [2.24, 2.45) is 5.92 Å². The molecule has 0 radical (unpaired) electrons. The van der Waals surface area contributed by atoms with Crippen molar-refractivity contribution in [1.29, 1.82) is 0 Å². The third-order valence-corrected chi connectivity index (χ3v) is 2.93. The number of nitrogens with zero attached hydrogens (tertiary/aromatic N) is 2. The van der Waals surface area contributed by atoms with Crippen molar-refractivity contribution in [3.8, 4) is 0 Å². The van der Waals surface area contributed by atoms with Gasteiger partial charge in [-0.1, -0.05) is 18.5 Å². The molecule has 1 aromatic rings. The van der Waals surface area contributed by atoms with Crippen LogP contribution in [0.5, 0.6) is 0 Å². The van der Waals surface area contributed by atoms with Crippen LogP contribution in [0.3, 0.4) is 0 Å². The highest BCUT2D eigenvalue weighted by atomic mass is 35.5. The molecule has 0 saturated heterocycles. The maximum absolute atomic E-state index is 5.74. The second-order valence-corrected chi connectivity index (χ2v) is 4.46. The van der Waals surface area contributed by atoms with Gasteiger partial charge in [-0.15, -0.1) is 0 Å². The smallest absolute Gasteiger partial charge is 0.129 e. The quantitative estimate of drug-likeness (QED) is 0.834. The summed E-state index contributed by atoms with van der Waals surface area (Å²) in [6, 6.07) is 0.538. The van der Waals surface area contributed by atoms with Crippen LogP contribution >= 0.6 is 11.6 Å². The summed E-state index contributed by atoms with van der Waals surface area (Å²) in [5, 5.41) is 4.10. The Labute approximate surface area is 95.3 Å². The molecule has 1 fully saturated rings. The lowest BCUT2D eigenvalue weighted by molar-refractivity contribution is 0.463. The molecule has 1 aromatic heterocycles. The van der Waals surface area contributed by atoms with Crippen LogP contribution in [0.2, 0.25) is 5.02 Å². The van der Waals surface area contributed by atoms with Crippen LogP contribution < -0.4 is 5.32 Å². The van der Waals surface area contributed by atoms with E-state index in [-0.39, 0.29) is 0 Å². The molecule has 0 aliphatic heterocycles. The molecular weight excluding hydrogens is 210 g/mol. The Morgan fingerprint density at radius 2 is 2.13 bits per heavy atom. The predicted molar refractivity (Wildman–Crippen MR) is 60.9 cm³/mol. The van der Waals surface area contributed by atoms with Gasteiger partial charge in [0.15, 0.2) is 0 Å². The third-order valence-electron chi connectivity index (χ3n) is 2.73. The maximum atomic E-state index is 5.74.